The predicted octanol–water partition coefficient (Wildman–Crippen LogP) is 5.17. The number of rotatable bonds is 8. The summed E-state index contributed by atoms with van der Waals surface area (Å²) in [5.74, 6) is -0.536. The van der Waals surface area contributed by atoms with Gasteiger partial charge in [-0.05, 0) is 57.2 Å². The van der Waals surface area contributed by atoms with E-state index in [0.29, 0.717) is 12.8 Å². The van der Waals surface area contributed by atoms with Crippen molar-refractivity contribution < 1.29 is 23.8 Å². The highest BCUT2D eigenvalue weighted by atomic mass is 16.6. The van der Waals surface area contributed by atoms with E-state index in [2.05, 4.69) is 13.8 Å². The van der Waals surface area contributed by atoms with Gasteiger partial charge in [0.25, 0.3) is 0 Å². The molecule has 156 valence electrons. The first-order chi connectivity index (χ1) is 13.3. The number of hydrogen-bond acceptors (Lipinski definition) is 5. The zero-order valence-electron chi connectivity index (χ0n) is 17.9. The Bertz CT molecular complexity index is 634. The summed E-state index contributed by atoms with van der Waals surface area (Å²) >= 11 is 0. The number of hydrogen-bond donors (Lipinski definition) is 0. The van der Waals surface area contributed by atoms with Crippen molar-refractivity contribution in [2.45, 2.75) is 89.8 Å². The molecule has 1 saturated heterocycles. The molecule has 28 heavy (non-hydrogen) atoms. The van der Waals surface area contributed by atoms with E-state index in [1.54, 1.807) is 7.11 Å². The Morgan fingerprint density at radius 3 is 1.79 bits per heavy atom. The summed E-state index contributed by atoms with van der Waals surface area (Å²) in [5, 5.41) is 0. The van der Waals surface area contributed by atoms with Crippen molar-refractivity contribution in [3.05, 3.63) is 29.8 Å². The molecule has 0 aliphatic carbocycles. The molecule has 0 bridgehead atoms. The largest absolute Gasteiger partial charge is 0.497 e. The lowest BCUT2D eigenvalue weighted by molar-refractivity contribution is -0.195. The van der Waals surface area contributed by atoms with Gasteiger partial charge >= 0.3 is 11.9 Å². The van der Waals surface area contributed by atoms with E-state index < -0.39 is 23.1 Å². The second-order valence-electron chi connectivity index (χ2n) is 8.16. The molecule has 1 aliphatic heterocycles. The first kappa shape index (κ1) is 22.3. The maximum absolute atomic E-state index is 12.4. The molecule has 2 atom stereocenters. The maximum atomic E-state index is 12.4. The third-order valence-electron chi connectivity index (χ3n) is 5.71. The Hall–Kier alpha value is -2.04. The van der Waals surface area contributed by atoms with E-state index in [1.165, 1.54) is 0 Å². The summed E-state index contributed by atoms with van der Waals surface area (Å²) in [6.45, 7) is 8.21. The number of methoxy groups -OCH3 is 1. The SMILES string of the molecule is CCCCC1(C)OC(=O)CC(=O)OC(C)(CCCC)C1c1ccc(OC)cc1. The van der Waals surface area contributed by atoms with Crippen molar-refractivity contribution in [1.29, 1.82) is 0 Å². The van der Waals surface area contributed by atoms with Crippen LogP contribution in [0.4, 0.5) is 0 Å². The van der Waals surface area contributed by atoms with E-state index in [-0.39, 0.29) is 12.3 Å². The molecular weight excluding hydrogens is 356 g/mol. The van der Waals surface area contributed by atoms with Crippen LogP contribution in [0.2, 0.25) is 0 Å². The second kappa shape index (κ2) is 9.44. The number of cyclic esters (lactones) is 2. The highest BCUT2D eigenvalue weighted by molar-refractivity contribution is 5.92. The Morgan fingerprint density at radius 1 is 0.929 bits per heavy atom. The van der Waals surface area contributed by atoms with Gasteiger partial charge in [0, 0.05) is 0 Å². The average Bonchev–Trinajstić information content (AvgIpc) is 2.64. The molecule has 0 N–H and O–H groups in total. The van der Waals surface area contributed by atoms with Gasteiger partial charge in [-0.2, -0.15) is 0 Å². The molecule has 1 aromatic rings. The molecule has 0 spiro atoms. The smallest absolute Gasteiger partial charge is 0.317 e. The molecule has 5 heteroatoms. The first-order valence-electron chi connectivity index (χ1n) is 10.4. The molecule has 0 radical (unpaired) electrons. The topological polar surface area (TPSA) is 61.8 Å². The lowest BCUT2D eigenvalue weighted by Gasteiger charge is -2.48. The highest BCUT2D eigenvalue weighted by Crippen LogP contribution is 2.48. The van der Waals surface area contributed by atoms with Gasteiger partial charge in [0.2, 0.25) is 0 Å². The fourth-order valence-electron chi connectivity index (χ4n) is 4.42. The van der Waals surface area contributed by atoms with Crippen molar-refractivity contribution in [2.75, 3.05) is 7.11 Å². The number of unbranched alkanes of at least 4 members (excludes halogenated alkanes) is 2. The minimum atomic E-state index is -0.759. The quantitative estimate of drug-likeness (QED) is 0.453. The van der Waals surface area contributed by atoms with Crippen molar-refractivity contribution in [3.8, 4) is 5.75 Å². The molecule has 1 aromatic carbocycles. The summed E-state index contributed by atoms with van der Waals surface area (Å²) < 4.78 is 17.3. The molecule has 2 unspecified atom stereocenters. The van der Waals surface area contributed by atoms with Crippen LogP contribution in [0, 0.1) is 0 Å². The Balaban J connectivity index is 2.59. The van der Waals surface area contributed by atoms with Crippen LogP contribution in [0.1, 0.15) is 84.1 Å². The van der Waals surface area contributed by atoms with Crippen molar-refractivity contribution in [3.63, 3.8) is 0 Å². The third-order valence-corrected chi connectivity index (χ3v) is 5.71. The summed E-state index contributed by atoms with van der Waals surface area (Å²) in [7, 11) is 1.63. The zero-order valence-corrected chi connectivity index (χ0v) is 17.9. The fraction of sp³-hybridized carbons (Fsp3) is 0.652. The van der Waals surface area contributed by atoms with Gasteiger partial charge < -0.3 is 14.2 Å². The van der Waals surface area contributed by atoms with E-state index in [0.717, 1.165) is 37.0 Å². The molecule has 5 nitrogen and oxygen atoms in total. The minimum Gasteiger partial charge on any atom is -0.497 e. The minimum absolute atomic E-state index is 0.266. The second-order valence-corrected chi connectivity index (χ2v) is 8.16. The van der Waals surface area contributed by atoms with Crippen molar-refractivity contribution in [2.24, 2.45) is 0 Å². The molecule has 2 rings (SSSR count). The zero-order chi connectivity index (χ0) is 20.8. The van der Waals surface area contributed by atoms with Gasteiger partial charge in [0.1, 0.15) is 23.4 Å². The number of carbonyl (C=O) groups is 2. The van der Waals surface area contributed by atoms with Crippen molar-refractivity contribution in [1.82, 2.24) is 0 Å². The van der Waals surface area contributed by atoms with Crippen LogP contribution in [-0.4, -0.2) is 30.3 Å². The van der Waals surface area contributed by atoms with E-state index in [1.807, 2.05) is 38.1 Å². The number of ether oxygens (including phenoxy) is 3. The third kappa shape index (κ3) is 5.06. The number of benzene rings is 1. The Morgan fingerprint density at radius 2 is 1.39 bits per heavy atom. The fourth-order valence-corrected chi connectivity index (χ4v) is 4.42. The highest BCUT2D eigenvalue weighted by Gasteiger charge is 2.52. The monoisotopic (exact) mass is 390 g/mol. The lowest BCUT2D eigenvalue weighted by Crippen LogP contribution is -2.53. The molecule has 0 amide bonds. The molecule has 1 aliphatic rings. The summed E-state index contributed by atoms with van der Waals surface area (Å²) in [5.41, 5.74) is -0.532. The van der Waals surface area contributed by atoms with E-state index >= 15 is 0 Å². The van der Waals surface area contributed by atoms with Gasteiger partial charge in [0.05, 0.1) is 13.0 Å². The van der Waals surface area contributed by atoms with E-state index in [4.69, 9.17) is 14.2 Å². The van der Waals surface area contributed by atoms with Gasteiger partial charge in [-0.1, -0.05) is 38.8 Å². The Labute approximate surface area is 168 Å². The average molecular weight is 391 g/mol. The maximum Gasteiger partial charge on any atom is 0.317 e. The van der Waals surface area contributed by atoms with Crippen LogP contribution >= 0.6 is 0 Å². The first-order valence-corrected chi connectivity index (χ1v) is 10.4. The van der Waals surface area contributed by atoms with Crippen LogP contribution < -0.4 is 4.74 Å². The Kier molecular flexibility index (Phi) is 7.50. The van der Waals surface area contributed by atoms with Crippen LogP contribution in [0.5, 0.6) is 5.75 Å². The van der Waals surface area contributed by atoms with E-state index in [9.17, 15) is 9.59 Å². The number of esters is 2. The van der Waals surface area contributed by atoms with Crippen LogP contribution in [0.15, 0.2) is 24.3 Å². The van der Waals surface area contributed by atoms with Crippen molar-refractivity contribution >= 4 is 11.9 Å². The number of carbonyl (C=O) groups excluding carboxylic acids is 2. The summed E-state index contributed by atoms with van der Waals surface area (Å²) in [6.07, 6.45) is 4.93. The van der Waals surface area contributed by atoms with Gasteiger partial charge in [0.15, 0.2) is 0 Å². The summed E-state index contributed by atoms with van der Waals surface area (Å²) in [4.78, 5) is 24.8. The standard InChI is InChI=1S/C23H34O5/c1-6-8-14-22(3)21(17-10-12-18(26-5)13-11-17)23(4,15-9-7-2)28-20(25)16-19(24)27-22/h10-13,21H,6-9,14-16H2,1-5H3. The molecule has 1 fully saturated rings. The summed E-state index contributed by atoms with van der Waals surface area (Å²) in [6, 6.07) is 7.78. The van der Waals surface area contributed by atoms with Crippen LogP contribution in [0.3, 0.4) is 0 Å². The van der Waals surface area contributed by atoms with Crippen LogP contribution in [0.25, 0.3) is 0 Å². The molecular formula is C23H34O5. The van der Waals surface area contributed by atoms with Crippen LogP contribution in [-0.2, 0) is 19.1 Å². The van der Waals surface area contributed by atoms with Gasteiger partial charge in [-0.3, -0.25) is 9.59 Å². The normalized spacial score (nSPS) is 28.1. The lowest BCUT2D eigenvalue weighted by atomic mass is 9.68. The molecule has 1 heterocycles. The molecule has 0 saturated carbocycles. The van der Waals surface area contributed by atoms with Gasteiger partial charge in [-0.25, -0.2) is 0 Å². The predicted molar refractivity (Wildman–Crippen MR) is 108 cm³/mol. The molecule has 0 aromatic heterocycles. The van der Waals surface area contributed by atoms with Gasteiger partial charge in [-0.15, -0.1) is 0 Å².